The monoisotopic (exact) mass is 593 g/mol. The second-order valence-electron chi connectivity index (χ2n) is 12.7. The van der Waals surface area contributed by atoms with Gasteiger partial charge in [-0.3, -0.25) is 14.5 Å². The summed E-state index contributed by atoms with van der Waals surface area (Å²) in [4.78, 5) is 32.2. The third-order valence-electron chi connectivity index (χ3n) is 9.19. The molecule has 0 radical (unpaired) electrons. The average molecular weight is 594 g/mol. The number of benzene rings is 2. The summed E-state index contributed by atoms with van der Waals surface area (Å²) in [5.74, 6) is 0.538. The highest BCUT2D eigenvalue weighted by molar-refractivity contribution is 6.30. The summed E-state index contributed by atoms with van der Waals surface area (Å²) in [6, 6.07) is 16.4. The molecule has 2 fully saturated rings. The molecule has 2 aromatic rings. The van der Waals surface area contributed by atoms with E-state index in [1.807, 2.05) is 35.2 Å². The predicted molar refractivity (Wildman–Crippen MR) is 170 cm³/mol. The molecule has 3 aliphatic heterocycles. The van der Waals surface area contributed by atoms with Gasteiger partial charge >= 0.3 is 0 Å². The van der Waals surface area contributed by atoms with E-state index in [1.165, 1.54) is 24.0 Å². The number of carbonyl (C=O) groups is 2. The number of nitrogens with zero attached hydrogens (tertiary/aromatic N) is 2. The molecule has 0 saturated carbocycles. The van der Waals surface area contributed by atoms with Crippen LogP contribution in [0.1, 0.15) is 68.7 Å². The summed E-state index contributed by atoms with van der Waals surface area (Å²) in [5, 5.41) is 10.8. The van der Waals surface area contributed by atoms with Crippen LogP contribution in [0.25, 0.3) is 0 Å². The molecule has 2 atom stereocenters. The number of hydrogen-bond acceptors (Lipinski definition) is 5. The Bertz CT molecular complexity index is 1170. The number of halogens is 1. The lowest BCUT2D eigenvalue weighted by atomic mass is 9.92. The van der Waals surface area contributed by atoms with Crippen LogP contribution in [0.5, 0.6) is 0 Å². The molecule has 8 heteroatoms. The molecule has 5 rings (SSSR count). The Morgan fingerprint density at radius 3 is 2.38 bits per heavy atom. The van der Waals surface area contributed by atoms with Gasteiger partial charge in [0.1, 0.15) is 6.04 Å². The third-order valence-corrected chi connectivity index (χ3v) is 9.44. The van der Waals surface area contributed by atoms with E-state index in [0.717, 1.165) is 64.1 Å². The van der Waals surface area contributed by atoms with Gasteiger partial charge < -0.3 is 20.9 Å². The van der Waals surface area contributed by atoms with Crippen molar-refractivity contribution in [3.05, 3.63) is 70.2 Å². The molecule has 228 valence electrons. The minimum atomic E-state index is -0.606. The SMILES string of the molecule is CC(C)CN(C1CCNCC1)C1CCN(C(=O)C(Cc2ccc(Cl)cc2)NC(=O)CC2NCCc3ccccc32)CC1. The summed E-state index contributed by atoms with van der Waals surface area (Å²) in [7, 11) is 0. The standard InChI is InChI=1S/C34H48ClN5O2/c1-24(2)23-40(28-12-16-36-17-13-28)29-14-19-39(20-15-29)34(42)32(21-25-7-9-27(35)10-8-25)38-33(41)22-31-30-6-4-3-5-26(30)11-18-37-31/h3-10,24,28-29,31-32,36-37H,11-23H2,1-2H3,(H,38,41). The molecule has 42 heavy (non-hydrogen) atoms. The summed E-state index contributed by atoms with van der Waals surface area (Å²) < 4.78 is 0. The number of hydrogen-bond donors (Lipinski definition) is 3. The number of amides is 2. The van der Waals surface area contributed by atoms with Gasteiger partial charge in [0.15, 0.2) is 0 Å². The van der Waals surface area contributed by atoms with Crippen LogP contribution >= 0.6 is 11.6 Å². The molecule has 3 heterocycles. The van der Waals surface area contributed by atoms with E-state index in [0.29, 0.717) is 35.9 Å². The van der Waals surface area contributed by atoms with E-state index in [2.05, 4.69) is 52.9 Å². The lowest BCUT2D eigenvalue weighted by molar-refractivity contribution is -0.138. The second-order valence-corrected chi connectivity index (χ2v) is 13.2. The fourth-order valence-corrected chi connectivity index (χ4v) is 7.19. The summed E-state index contributed by atoms with van der Waals surface area (Å²) in [6.45, 7) is 10.2. The first kappa shape index (κ1) is 31.0. The zero-order chi connectivity index (χ0) is 29.5. The van der Waals surface area contributed by atoms with Crippen molar-refractivity contribution in [3.8, 4) is 0 Å². The smallest absolute Gasteiger partial charge is 0.245 e. The Morgan fingerprint density at radius 1 is 0.976 bits per heavy atom. The number of fused-ring (bicyclic) bond motifs is 1. The van der Waals surface area contributed by atoms with E-state index in [9.17, 15) is 9.59 Å². The summed E-state index contributed by atoms with van der Waals surface area (Å²) in [5.41, 5.74) is 3.46. The Labute approximate surface area is 256 Å². The molecule has 0 aliphatic carbocycles. The summed E-state index contributed by atoms with van der Waals surface area (Å²) in [6.07, 6.45) is 6.07. The van der Waals surface area contributed by atoms with Crippen molar-refractivity contribution >= 4 is 23.4 Å². The molecule has 3 N–H and O–H groups in total. The maximum Gasteiger partial charge on any atom is 0.245 e. The van der Waals surface area contributed by atoms with Gasteiger partial charge in [-0.05, 0) is 86.5 Å². The first-order chi connectivity index (χ1) is 20.4. The molecule has 3 aliphatic rings. The summed E-state index contributed by atoms with van der Waals surface area (Å²) >= 11 is 6.13. The van der Waals surface area contributed by atoms with Crippen LogP contribution in [0.2, 0.25) is 5.02 Å². The van der Waals surface area contributed by atoms with Gasteiger partial charge in [0, 0.05) is 55.6 Å². The third kappa shape index (κ3) is 8.13. The van der Waals surface area contributed by atoms with Crippen LogP contribution in [-0.4, -0.2) is 79.0 Å². The molecule has 0 spiro atoms. The Balaban J connectivity index is 1.24. The fourth-order valence-electron chi connectivity index (χ4n) is 7.06. The van der Waals surface area contributed by atoms with Crippen LogP contribution in [0.4, 0.5) is 0 Å². The topological polar surface area (TPSA) is 76.7 Å². The van der Waals surface area contributed by atoms with Crippen LogP contribution in [-0.2, 0) is 22.4 Å². The Morgan fingerprint density at radius 2 is 1.67 bits per heavy atom. The van der Waals surface area contributed by atoms with E-state index in [4.69, 9.17) is 11.6 Å². The van der Waals surface area contributed by atoms with E-state index in [-0.39, 0.29) is 17.9 Å². The molecule has 7 nitrogen and oxygen atoms in total. The van der Waals surface area contributed by atoms with Gasteiger partial charge in [0.25, 0.3) is 0 Å². The van der Waals surface area contributed by atoms with Crippen LogP contribution in [0, 0.1) is 5.92 Å². The Kier molecular flexibility index (Phi) is 10.9. The van der Waals surface area contributed by atoms with E-state index < -0.39 is 6.04 Å². The molecule has 2 aromatic carbocycles. The number of piperidine rings is 2. The minimum Gasteiger partial charge on any atom is -0.344 e. The maximum absolute atomic E-state index is 14.0. The zero-order valence-electron chi connectivity index (χ0n) is 25.3. The highest BCUT2D eigenvalue weighted by atomic mass is 35.5. The average Bonchev–Trinajstić information content (AvgIpc) is 3.01. The minimum absolute atomic E-state index is 0.0195. The normalized spacial score (nSPS) is 20.9. The number of nitrogens with one attached hydrogen (secondary N) is 3. The second kappa shape index (κ2) is 14.8. The largest absolute Gasteiger partial charge is 0.344 e. The lowest BCUT2D eigenvalue weighted by Gasteiger charge is -2.45. The Hall–Kier alpha value is -2.45. The van der Waals surface area contributed by atoms with Crippen molar-refractivity contribution in [1.82, 2.24) is 25.8 Å². The molecule has 2 saturated heterocycles. The number of likely N-dealkylation sites (tertiary alicyclic amines) is 1. The van der Waals surface area contributed by atoms with Crippen LogP contribution in [0.15, 0.2) is 48.5 Å². The first-order valence-electron chi connectivity index (χ1n) is 16.0. The van der Waals surface area contributed by atoms with Crippen LogP contribution in [0.3, 0.4) is 0 Å². The van der Waals surface area contributed by atoms with Gasteiger partial charge in [-0.15, -0.1) is 0 Å². The van der Waals surface area contributed by atoms with Crippen molar-refractivity contribution in [2.45, 2.75) is 83.0 Å². The highest BCUT2D eigenvalue weighted by Crippen LogP contribution is 2.27. The highest BCUT2D eigenvalue weighted by Gasteiger charge is 2.34. The van der Waals surface area contributed by atoms with Crippen LogP contribution < -0.4 is 16.0 Å². The number of carbonyl (C=O) groups excluding carboxylic acids is 2. The quantitative estimate of drug-likeness (QED) is 0.382. The number of rotatable bonds is 10. The zero-order valence-corrected chi connectivity index (χ0v) is 26.0. The predicted octanol–water partition coefficient (Wildman–Crippen LogP) is 4.35. The van der Waals surface area contributed by atoms with Gasteiger partial charge in [0.2, 0.25) is 11.8 Å². The fraction of sp³-hybridized carbons (Fsp3) is 0.588. The van der Waals surface area contributed by atoms with Crippen molar-refractivity contribution in [2.75, 3.05) is 39.3 Å². The van der Waals surface area contributed by atoms with Crippen molar-refractivity contribution < 1.29 is 9.59 Å². The molecule has 0 aromatic heterocycles. The first-order valence-corrected chi connectivity index (χ1v) is 16.4. The van der Waals surface area contributed by atoms with Gasteiger partial charge in [-0.25, -0.2) is 0 Å². The molecular formula is C34H48ClN5O2. The van der Waals surface area contributed by atoms with E-state index >= 15 is 0 Å². The van der Waals surface area contributed by atoms with Crippen molar-refractivity contribution in [3.63, 3.8) is 0 Å². The van der Waals surface area contributed by atoms with Gasteiger partial charge in [-0.2, -0.15) is 0 Å². The molecule has 2 amide bonds. The van der Waals surface area contributed by atoms with Gasteiger partial charge in [-0.1, -0.05) is 61.8 Å². The lowest BCUT2D eigenvalue weighted by Crippen LogP contribution is -2.56. The van der Waals surface area contributed by atoms with E-state index in [1.54, 1.807) is 0 Å². The van der Waals surface area contributed by atoms with Crippen molar-refractivity contribution in [2.24, 2.45) is 5.92 Å². The molecule has 0 bridgehead atoms. The van der Waals surface area contributed by atoms with Gasteiger partial charge in [0.05, 0.1) is 0 Å². The molecular weight excluding hydrogens is 546 g/mol. The van der Waals surface area contributed by atoms with Crippen molar-refractivity contribution in [1.29, 1.82) is 0 Å². The maximum atomic E-state index is 14.0. The molecule has 2 unspecified atom stereocenters.